The first kappa shape index (κ1) is 13.1. The van der Waals surface area contributed by atoms with Gasteiger partial charge in [-0.25, -0.2) is 4.98 Å². The highest BCUT2D eigenvalue weighted by Gasteiger charge is 2.31. The number of rotatable bonds is 7. The Kier molecular flexibility index (Phi) is 3.34. The lowest BCUT2D eigenvalue weighted by atomic mass is 10.2. The molecule has 0 atom stereocenters. The molecule has 0 saturated heterocycles. The summed E-state index contributed by atoms with van der Waals surface area (Å²) in [5, 5.41) is 0. The Bertz CT molecular complexity index is 611. The monoisotopic (exact) mass is 284 g/mol. The largest absolute Gasteiger partial charge is 0.355 e. The molecule has 2 heterocycles. The molecule has 4 rings (SSSR count). The number of fused-ring (bicyclic) bond motifs is 1. The summed E-state index contributed by atoms with van der Waals surface area (Å²) >= 11 is 0. The maximum atomic E-state index is 5.85. The van der Waals surface area contributed by atoms with Gasteiger partial charge in [-0.3, -0.25) is 0 Å². The minimum atomic E-state index is 0.677. The third-order valence-corrected chi connectivity index (χ3v) is 4.64. The van der Waals surface area contributed by atoms with Gasteiger partial charge in [0.1, 0.15) is 5.65 Å². The topological polar surface area (TPSA) is 46.6 Å². The molecule has 2 N–H and O–H groups in total. The van der Waals surface area contributed by atoms with Crippen molar-refractivity contribution in [3.8, 4) is 0 Å². The van der Waals surface area contributed by atoms with E-state index in [0.717, 1.165) is 23.9 Å². The molecule has 2 fully saturated rings. The molecule has 0 spiro atoms. The van der Waals surface area contributed by atoms with E-state index in [1.165, 1.54) is 50.3 Å². The van der Waals surface area contributed by atoms with Crippen molar-refractivity contribution < 1.29 is 0 Å². The zero-order valence-corrected chi connectivity index (χ0v) is 12.5. The van der Waals surface area contributed by atoms with Crippen LogP contribution in [0, 0.1) is 11.8 Å². The fourth-order valence-electron chi connectivity index (χ4n) is 3.13. The summed E-state index contributed by atoms with van der Waals surface area (Å²) in [4.78, 5) is 7.48. The number of hydrogen-bond acceptors (Lipinski definition) is 3. The smallest absolute Gasteiger partial charge is 0.151 e. The van der Waals surface area contributed by atoms with E-state index >= 15 is 0 Å². The van der Waals surface area contributed by atoms with Gasteiger partial charge >= 0.3 is 0 Å². The Balaban J connectivity index is 1.71. The molecule has 2 aromatic heterocycles. The number of nitrogens with two attached hydrogens (primary N) is 1. The molecule has 2 aromatic rings. The van der Waals surface area contributed by atoms with E-state index < -0.39 is 0 Å². The van der Waals surface area contributed by atoms with E-state index in [0.29, 0.717) is 6.54 Å². The lowest BCUT2D eigenvalue weighted by molar-refractivity contribution is 0.668. The van der Waals surface area contributed by atoms with Crippen molar-refractivity contribution in [2.24, 2.45) is 17.6 Å². The second-order valence-electron chi connectivity index (χ2n) is 6.64. The summed E-state index contributed by atoms with van der Waals surface area (Å²) < 4.78 is 2.22. The Morgan fingerprint density at radius 3 is 2.48 bits per heavy atom. The van der Waals surface area contributed by atoms with Crippen LogP contribution in [0.3, 0.4) is 0 Å². The number of pyridine rings is 1. The van der Waals surface area contributed by atoms with Crippen LogP contribution in [0.25, 0.3) is 5.65 Å². The zero-order valence-electron chi connectivity index (χ0n) is 12.5. The lowest BCUT2D eigenvalue weighted by Crippen LogP contribution is -2.29. The van der Waals surface area contributed by atoms with E-state index in [1.54, 1.807) is 0 Å². The van der Waals surface area contributed by atoms with E-state index in [2.05, 4.69) is 33.7 Å². The normalized spacial score (nSPS) is 18.3. The summed E-state index contributed by atoms with van der Waals surface area (Å²) in [5.41, 5.74) is 8.18. The molecule has 0 bridgehead atoms. The maximum Gasteiger partial charge on any atom is 0.151 e. The number of anilines is 1. The zero-order chi connectivity index (χ0) is 14.2. The average Bonchev–Trinajstić information content (AvgIpc) is 3.41. The summed E-state index contributed by atoms with van der Waals surface area (Å²) in [6, 6.07) is 6.23. The number of imidazole rings is 1. The highest BCUT2D eigenvalue weighted by atomic mass is 15.2. The van der Waals surface area contributed by atoms with Crippen LogP contribution in [0.4, 0.5) is 5.82 Å². The van der Waals surface area contributed by atoms with Crippen molar-refractivity contribution in [1.29, 1.82) is 0 Å². The minimum absolute atomic E-state index is 0.677. The second-order valence-corrected chi connectivity index (χ2v) is 6.64. The van der Waals surface area contributed by atoms with Gasteiger partial charge in [0.25, 0.3) is 0 Å². The van der Waals surface area contributed by atoms with Crippen molar-refractivity contribution in [1.82, 2.24) is 9.38 Å². The van der Waals surface area contributed by atoms with Crippen molar-refractivity contribution in [3.63, 3.8) is 0 Å². The Labute approximate surface area is 126 Å². The molecule has 4 nitrogen and oxygen atoms in total. The summed E-state index contributed by atoms with van der Waals surface area (Å²) in [5.74, 6) is 2.96. The second kappa shape index (κ2) is 5.34. The number of hydrogen-bond donors (Lipinski definition) is 1. The van der Waals surface area contributed by atoms with Gasteiger partial charge in [0, 0.05) is 25.7 Å². The molecule has 4 heteroatoms. The van der Waals surface area contributed by atoms with Gasteiger partial charge in [-0.15, -0.1) is 0 Å². The average molecular weight is 284 g/mol. The van der Waals surface area contributed by atoms with Crippen LogP contribution in [0.2, 0.25) is 0 Å². The van der Waals surface area contributed by atoms with Crippen molar-refractivity contribution in [3.05, 3.63) is 30.1 Å². The molecule has 0 amide bonds. The van der Waals surface area contributed by atoms with Gasteiger partial charge < -0.3 is 15.0 Å². The Morgan fingerprint density at radius 1 is 1.14 bits per heavy atom. The van der Waals surface area contributed by atoms with Crippen LogP contribution in [0.5, 0.6) is 0 Å². The molecule has 2 saturated carbocycles. The van der Waals surface area contributed by atoms with E-state index in [-0.39, 0.29) is 0 Å². The van der Waals surface area contributed by atoms with Gasteiger partial charge in [-0.1, -0.05) is 6.07 Å². The summed E-state index contributed by atoms with van der Waals surface area (Å²) in [6.07, 6.45) is 8.57. The molecule has 112 valence electrons. The molecule has 0 unspecified atom stereocenters. The van der Waals surface area contributed by atoms with Crippen LogP contribution in [-0.2, 0) is 6.42 Å². The van der Waals surface area contributed by atoms with Crippen LogP contribution >= 0.6 is 0 Å². The van der Waals surface area contributed by atoms with Gasteiger partial charge in [-0.05, 0) is 56.2 Å². The molecule has 21 heavy (non-hydrogen) atoms. The van der Waals surface area contributed by atoms with Crippen molar-refractivity contribution in [2.75, 3.05) is 24.5 Å². The summed E-state index contributed by atoms with van der Waals surface area (Å²) in [6.45, 7) is 3.03. The predicted molar refractivity (Wildman–Crippen MR) is 85.6 cm³/mol. The van der Waals surface area contributed by atoms with Gasteiger partial charge in [-0.2, -0.15) is 0 Å². The molecule has 0 aliphatic heterocycles. The number of nitrogens with zero attached hydrogens (tertiary/aromatic N) is 3. The van der Waals surface area contributed by atoms with Crippen LogP contribution in [0.15, 0.2) is 24.4 Å². The number of aromatic nitrogens is 2. The molecule has 0 radical (unpaired) electrons. The predicted octanol–water partition coefficient (Wildman–Crippen LogP) is 2.46. The fourth-order valence-corrected chi connectivity index (χ4v) is 3.13. The minimum Gasteiger partial charge on any atom is -0.355 e. The summed E-state index contributed by atoms with van der Waals surface area (Å²) in [7, 11) is 0. The van der Waals surface area contributed by atoms with Gasteiger partial charge in [0.05, 0.1) is 5.69 Å². The maximum absolute atomic E-state index is 5.85. The SMILES string of the molecule is NCCc1c(N(CC2CC2)CC2CC2)nc2ccccn12. The quantitative estimate of drug-likeness (QED) is 0.849. The third-order valence-electron chi connectivity index (χ3n) is 4.64. The van der Waals surface area contributed by atoms with Crippen LogP contribution in [0.1, 0.15) is 31.4 Å². The molecule has 2 aliphatic rings. The van der Waals surface area contributed by atoms with Crippen LogP contribution in [-0.4, -0.2) is 29.0 Å². The van der Waals surface area contributed by atoms with Crippen molar-refractivity contribution in [2.45, 2.75) is 32.1 Å². The fraction of sp³-hybridized carbons (Fsp3) is 0.588. The lowest BCUT2D eigenvalue weighted by Gasteiger charge is -2.23. The first-order valence-electron chi connectivity index (χ1n) is 8.26. The van der Waals surface area contributed by atoms with E-state index in [9.17, 15) is 0 Å². The van der Waals surface area contributed by atoms with Gasteiger partial charge in [0.2, 0.25) is 0 Å². The Hall–Kier alpha value is -1.55. The standard InChI is InChI=1S/C17H24N4/c18-9-8-15-17(19-16-3-1-2-10-21(15)16)20(11-13-4-5-13)12-14-6-7-14/h1-3,10,13-14H,4-9,11-12,18H2. The molecule has 2 aliphatic carbocycles. The first-order chi connectivity index (χ1) is 10.3. The van der Waals surface area contributed by atoms with E-state index in [1.807, 2.05) is 0 Å². The Morgan fingerprint density at radius 2 is 1.86 bits per heavy atom. The highest BCUT2D eigenvalue weighted by molar-refractivity contribution is 5.56. The van der Waals surface area contributed by atoms with Gasteiger partial charge in [0.15, 0.2) is 5.82 Å². The third kappa shape index (κ3) is 2.77. The molecular weight excluding hydrogens is 260 g/mol. The van der Waals surface area contributed by atoms with E-state index in [4.69, 9.17) is 10.7 Å². The molecular formula is C17H24N4. The highest BCUT2D eigenvalue weighted by Crippen LogP contribution is 2.36. The van der Waals surface area contributed by atoms with Crippen LogP contribution < -0.4 is 10.6 Å². The van der Waals surface area contributed by atoms with Crippen molar-refractivity contribution >= 4 is 11.5 Å². The first-order valence-corrected chi connectivity index (χ1v) is 8.26. The molecule has 0 aromatic carbocycles.